The molecule has 4 heteroatoms. The van der Waals surface area contributed by atoms with Crippen LogP contribution in [0.2, 0.25) is 0 Å². The third-order valence-electron chi connectivity index (χ3n) is 2.08. The van der Waals surface area contributed by atoms with Gasteiger partial charge >= 0.3 is 0 Å². The first kappa shape index (κ1) is 14.4. The normalized spacial score (nSPS) is 10.3. The van der Waals surface area contributed by atoms with Crippen LogP contribution in [0.3, 0.4) is 0 Å². The molecule has 15 heavy (non-hydrogen) atoms. The molecule has 0 bridgehead atoms. The van der Waals surface area contributed by atoms with Gasteiger partial charge in [0.05, 0.1) is 6.61 Å². The summed E-state index contributed by atoms with van der Waals surface area (Å²) in [7, 11) is 3.55. The molecule has 0 heterocycles. The van der Waals surface area contributed by atoms with E-state index in [1.54, 1.807) is 19.0 Å². The summed E-state index contributed by atoms with van der Waals surface area (Å²) in [4.78, 5) is 12.8. The van der Waals surface area contributed by atoms with Gasteiger partial charge in [-0.3, -0.25) is 4.79 Å². The number of ether oxygens (including phenoxy) is 1. The van der Waals surface area contributed by atoms with Crippen LogP contribution in [-0.4, -0.2) is 51.2 Å². The summed E-state index contributed by atoms with van der Waals surface area (Å²) in [5.74, 6) is 0.161. The summed E-state index contributed by atoms with van der Waals surface area (Å²) in [6.45, 7) is 5.28. The van der Waals surface area contributed by atoms with E-state index in [0.717, 1.165) is 32.7 Å². The Labute approximate surface area is 93.0 Å². The van der Waals surface area contributed by atoms with Gasteiger partial charge in [-0.2, -0.15) is 0 Å². The molecule has 0 saturated heterocycles. The molecular formula is C11H24N2O2. The molecule has 0 rings (SSSR count). The summed E-state index contributed by atoms with van der Waals surface area (Å²) < 4.78 is 5.37. The molecule has 0 atom stereocenters. The third kappa shape index (κ3) is 9.69. The van der Waals surface area contributed by atoms with Gasteiger partial charge in [-0.15, -0.1) is 0 Å². The van der Waals surface area contributed by atoms with Crippen LogP contribution < -0.4 is 5.32 Å². The highest BCUT2D eigenvalue weighted by Crippen LogP contribution is 1.87. The van der Waals surface area contributed by atoms with Gasteiger partial charge in [-0.25, -0.2) is 0 Å². The number of carbonyl (C=O) groups excluding carboxylic acids is 1. The Morgan fingerprint density at radius 2 is 2.00 bits per heavy atom. The highest BCUT2D eigenvalue weighted by molar-refractivity contribution is 5.75. The average molecular weight is 216 g/mol. The molecule has 0 aliphatic carbocycles. The van der Waals surface area contributed by atoms with Crippen molar-refractivity contribution in [2.24, 2.45) is 0 Å². The van der Waals surface area contributed by atoms with Crippen molar-refractivity contribution in [1.82, 2.24) is 10.2 Å². The van der Waals surface area contributed by atoms with Crippen molar-refractivity contribution >= 4 is 5.91 Å². The highest BCUT2D eigenvalue weighted by Gasteiger charge is 2.01. The van der Waals surface area contributed by atoms with Crippen LogP contribution >= 0.6 is 0 Å². The summed E-state index contributed by atoms with van der Waals surface area (Å²) in [5.41, 5.74) is 0. The zero-order valence-corrected chi connectivity index (χ0v) is 10.2. The zero-order valence-electron chi connectivity index (χ0n) is 10.2. The zero-order chi connectivity index (χ0) is 11.5. The minimum Gasteiger partial charge on any atom is -0.380 e. The van der Waals surface area contributed by atoms with Gasteiger partial charge in [0.2, 0.25) is 5.91 Å². The molecule has 0 fully saturated rings. The Kier molecular flexibility index (Phi) is 9.52. The lowest BCUT2D eigenvalue weighted by Gasteiger charge is -2.10. The maximum Gasteiger partial charge on any atom is 0.223 e. The van der Waals surface area contributed by atoms with E-state index in [4.69, 9.17) is 4.74 Å². The van der Waals surface area contributed by atoms with Crippen molar-refractivity contribution in [2.75, 3.05) is 40.4 Å². The predicted octanol–water partition coefficient (Wildman–Crippen LogP) is 0.871. The van der Waals surface area contributed by atoms with Crippen molar-refractivity contribution in [3.8, 4) is 0 Å². The fourth-order valence-corrected chi connectivity index (χ4v) is 1.04. The lowest BCUT2D eigenvalue weighted by molar-refractivity contribution is -0.128. The number of unbranched alkanes of at least 4 members (excludes halogenated alkanes) is 1. The first-order valence-corrected chi connectivity index (χ1v) is 5.67. The van der Waals surface area contributed by atoms with E-state index in [1.165, 1.54) is 6.42 Å². The average Bonchev–Trinajstić information content (AvgIpc) is 2.21. The molecule has 0 unspecified atom stereocenters. The van der Waals surface area contributed by atoms with Gasteiger partial charge in [0.15, 0.2) is 0 Å². The van der Waals surface area contributed by atoms with E-state index in [0.29, 0.717) is 6.42 Å². The van der Waals surface area contributed by atoms with Crippen LogP contribution in [0, 0.1) is 0 Å². The Balaban J connectivity index is 3.08. The summed E-state index contributed by atoms with van der Waals surface area (Å²) >= 11 is 0. The van der Waals surface area contributed by atoms with Crippen molar-refractivity contribution in [3.63, 3.8) is 0 Å². The van der Waals surface area contributed by atoms with Crippen LogP contribution in [0.25, 0.3) is 0 Å². The summed E-state index contributed by atoms with van der Waals surface area (Å²) in [6.07, 6.45) is 2.85. The van der Waals surface area contributed by atoms with Crippen molar-refractivity contribution in [3.05, 3.63) is 0 Å². The molecule has 1 N–H and O–H groups in total. The second-order valence-corrected chi connectivity index (χ2v) is 3.75. The number of amides is 1. The van der Waals surface area contributed by atoms with Crippen LogP contribution in [0.15, 0.2) is 0 Å². The Bertz CT molecular complexity index is 161. The molecule has 0 aromatic carbocycles. The molecule has 0 aliphatic rings. The minimum absolute atomic E-state index is 0.161. The smallest absolute Gasteiger partial charge is 0.223 e. The predicted molar refractivity (Wildman–Crippen MR) is 61.9 cm³/mol. The van der Waals surface area contributed by atoms with Gasteiger partial charge in [0, 0.05) is 40.2 Å². The number of carbonyl (C=O) groups is 1. The molecule has 0 spiro atoms. The number of hydrogen-bond acceptors (Lipinski definition) is 3. The highest BCUT2D eigenvalue weighted by atomic mass is 16.5. The van der Waals surface area contributed by atoms with Crippen LogP contribution in [0.1, 0.15) is 26.2 Å². The topological polar surface area (TPSA) is 41.6 Å². The van der Waals surface area contributed by atoms with Gasteiger partial charge in [-0.1, -0.05) is 13.3 Å². The fraction of sp³-hybridized carbons (Fsp3) is 0.909. The van der Waals surface area contributed by atoms with Gasteiger partial charge in [0.1, 0.15) is 0 Å². The Hall–Kier alpha value is -0.610. The molecule has 0 radical (unpaired) electrons. The summed E-state index contributed by atoms with van der Waals surface area (Å²) in [6, 6.07) is 0. The molecule has 0 saturated carbocycles. The van der Waals surface area contributed by atoms with E-state index >= 15 is 0 Å². The number of hydrogen-bond donors (Lipinski definition) is 1. The first-order valence-electron chi connectivity index (χ1n) is 5.67. The number of nitrogens with one attached hydrogen (secondary N) is 1. The largest absolute Gasteiger partial charge is 0.380 e. The van der Waals surface area contributed by atoms with E-state index in [9.17, 15) is 4.79 Å². The first-order chi connectivity index (χ1) is 7.18. The lowest BCUT2D eigenvalue weighted by atomic mass is 10.4. The molecular weight excluding hydrogens is 192 g/mol. The monoisotopic (exact) mass is 216 g/mol. The standard InChI is InChI=1S/C11H24N2O2/c1-4-5-9-15-10-8-12-7-6-11(14)13(2)3/h12H,4-10H2,1-3H3. The van der Waals surface area contributed by atoms with E-state index < -0.39 is 0 Å². The second kappa shape index (κ2) is 9.93. The molecule has 4 nitrogen and oxygen atoms in total. The molecule has 0 aromatic rings. The maximum atomic E-state index is 11.2. The quantitative estimate of drug-likeness (QED) is 0.582. The SMILES string of the molecule is CCCCOCCNCCC(=O)N(C)C. The fourth-order valence-electron chi connectivity index (χ4n) is 1.04. The van der Waals surface area contributed by atoms with E-state index in [2.05, 4.69) is 12.2 Å². The van der Waals surface area contributed by atoms with E-state index in [-0.39, 0.29) is 5.91 Å². The van der Waals surface area contributed by atoms with E-state index in [1.807, 2.05) is 0 Å². The maximum absolute atomic E-state index is 11.2. The summed E-state index contributed by atoms with van der Waals surface area (Å²) in [5, 5.41) is 3.18. The number of nitrogens with zero attached hydrogens (tertiary/aromatic N) is 1. The lowest BCUT2D eigenvalue weighted by Crippen LogP contribution is -2.28. The van der Waals surface area contributed by atoms with Crippen molar-refractivity contribution < 1.29 is 9.53 Å². The number of rotatable bonds is 9. The Morgan fingerprint density at radius 3 is 2.60 bits per heavy atom. The van der Waals surface area contributed by atoms with Crippen molar-refractivity contribution in [1.29, 1.82) is 0 Å². The van der Waals surface area contributed by atoms with Crippen molar-refractivity contribution in [2.45, 2.75) is 26.2 Å². The third-order valence-corrected chi connectivity index (χ3v) is 2.08. The second-order valence-electron chi connectivity index (χ2n) is 3.75. The molecule has 1 amide bonds. The Morgan fingerprint density at radius 1 is 1.27 bits per heavy atom. The minimum atomic E-state index is 0.161. The molecule has 0 aromatic heterocycles. The van der Waals surface area contributed by atoms with Gasteiger partial charge in [-0.05, 0) is 6.42 Å². The molecule has 90 valence electrons. The van der Waals surface area contributed by atoms with Crippen LogP contribution in [-0.2, 0) is 9.53 Å². The van der Waals surface area contributed by atoms with Crippen LogP contribution in [0.5, 0.6) is 0 Å². The van der Waals surface area contributed by atoms with Gasteiger partial charge < -0.3 is 15.0 Å². The molecule has 0 aliphatic heterocycles. The van der Waals surface area contributed by atoms with Gasteiger partial charge in [0.25, 0.3) is 0 Å². The van der Waals surface area contributed by atoms with Crippen LogP contribution in [0.4, 0.5) is 0 Å².